The number of sulfone groups is 1. The molecule has 0 spiro atoms. The maximum absolute atomic E-state index is 12.1. The Morgan fingerprint density at radius 1 is 1.40 bits per heavy atom. The highest BCUT2D eigenvalue weighted by Gasteiger charge is 2.40. The van der Waals surface area contributed by atoms with Gasteiger partial charge in [-0.25, -0.2) is 8.42 Å². The van der Waals surface area contributed by atoms with Crippen molar-refractivity contribution in [1.29, 1.82) is 0 Å². The van der Waals surface area contributed by atoms with E-state index in [9.17, 15) is 13.2 Å². The van der Waals surface area contributed by atoms with Crippen molar-refractivity contribution in [3.8, 4) is 0 Å². The van der Waals surface area contributed by atoms with Gasteiger partial charge in [0, 0.05) is 0 Å². The first-order valence-electron chi connectivity index (χ1n) is 6.54. The fourth-order valence-corrected chi connectivity index (χ4v) is 4.79. The van der Waals surface area contributed by atoms with Crippen LogP contribution >= 0.6 is 12.6 Å². The summed E-state index contributed by atoms with van der Waals surface area (Å²) >= 11 is 4.33. The second kappa shape index (κ2) is 5.77. The smallest absolute Gasteiger partial charge is 0.233 e. The number of benzene rings is 1. The molecule has 1 aliphatic heterocycles. The normalized spacial score (nSPS) is 26.1. The summed E-state index contributed by atoms with van der Waals surface area (Å²) in [6, 6.07) is 9.63. The summed E-state index contributed by atoms with van der Waals surface area (Å²) in [6.45, 7) is 1.78. The first kappa shape index (κ1) is 15.4. The zero-order valence-electron chi connectivity index (χ0n) is 11.4. The molecule has 1 N–H and O–H groups in total. The van der Waals surface area contributed by atoms with Gasteiger partial charge in [-0.15, -0.1) is 0 Å². The standard InChI is InChI=1S/C14H19NO3S2/c1-14(7-8-20(17,18)10-14)15-13(16)12(19)9-11-5-3-2-4-6-11/h2-6,12,19H,7-10H2,1H3,(H,15,16). The lowest BCUT2D eigenvalue weighted by molar-refractivity contribution is -0.122. The second-order valence-electron chi connectivity index (χ2n) is 5.60. The van der Waals surface area contributed by atoms with Gasteiger partial charge >= 0.3 is 0 Å². The van der Waals surface area contributed by atoms with Crippen molar-refractivity contribution < 1.29 is 13.2 Å². The predicted molar refractivity (Wildman–Crippen MR) is 82.7 cm³/mol. The van der Waals surface area contributed by atoms with Crippen LogP contribution in [0.3, 0.4) is 0 Å². The lowest BCUT2D eigenvalue weighted by Gasteiger charge is -2.25. The molecular weight excluding hydrogens is 294 g/mol. The van der Waals surface area contributed by atoms with Crippen molar-refractivity contribution in [2.24, 2.45) is 0 Å². The molecule has 1 amide bonds. The summed E-state index contributed by atoms with van der Waals surface area (Å²) in [5, 5.41) is 2.36. The molecule has 2 rings (SSSR count). The zero-order valence-corrected chi connectivity index (χ0v) is 13.1. The molecule has 0 aromatic heterocycles. The molecule has 1 aliphatic rings. The summed E-state index contributed by atoms with van der Waals surface area (Å²) in [5.41, 5.74) is 0.375. The lowest BCUT2D eigenvalue weighted by Crippen LogP contribution is -2.50. The van der Waals surface area contributed by atoms with Crippen molar-refractivity contribution in [1.82, 2.24) is 5.32 Å². The number of carbonyl (C=O) groups excluding carboxylic acids is 1. The summed E-state index contributed by atoms with van der Waals surface area (Å²) in [5.74, 6) is -0.0612. The van der Waals surface area contributed by atoms with Gasteiger partial charge in [-0.3, -0.25) is 4.79 Å². The van der Waals surface area contributed by atoms with E-state index in [0.717, 1.165) is 5.56 Å². The van der Waals surface area contributed by atoms with Crippen molar-refractivity contribution >= 4 is 28.4 Å². The van der Waals surface area contributed by atoms with Crippen LogP contribution in [0.1, 0.15) is 18.9 Å². The Kier molecular flexibility index (Phi) is 4.44. The van der Waals surface area contributed by atoms with Crippen LogP contribution < -0.4 is 5.32 Å². The van der Waals surface area contributed by atoms with E-state index < -0.39 is 20.6 Å². The van der Waals surface area contributed by atoms with Gasteiger partial charge in [0.1, 0.15) is 0 Å². The number of carbonyl (C=O) groups is 1. The fourth-order valence-electron chi connectivity index (χ4n) is 2.42. The molecule has 6 heteroatoms. The zero-order chi connectivity index (χ0) is 14.8. The number of hydrogen-bond donors (Lipinski definition) is 2. The first-order chi connectivity index (χ1) is 9.30. The Bertz CT molecular complexity index is 586. The maximum atomic E-state index is 12.1. The minimum atomic E-state index is -3.02. The van der Waals surface area contributed by atoms with Crippen molar-refractivity contribution in [3.05, 3.63) is 35.9 Å². The van der Waals surface area contributed by atoms with Gasteiger partial charge < -0.3 is 5.32 Å². The van der Waals surface area contributed by atoms with E-state index in [4.69, 9.17) is 0 Å². The van der Waals surface area contributed by atoms with Gasteiger partial charge in [-0.2, -0.15) is 12.6 Å². The average Bonchev–Trinajstić information content (AvgIpc) is 2.64. The third kappa shape index (κ3) is 3.99. The quantitative estimate of drug-likeness (QED) is 0.822. The molecule has 0 bridgehead atoms. The Labute approximate surface area is 125 Å². The highest BCUT2D eigenvalue weighted by Crippen LogP contribution is 2.23. The highest BCUT2D eigenvalue weighted by molar-refractivity contribution is 7.91. The molecule has 110 valence electrons. The molecule has 1 heterocycles. The van der Waals surface area contributed by atoms with Crippen LogP contribution in [0.15, 0.2) is 30.3 Å². The van der Waals surface area contributed by atoms with Gasteiger partial charge in [-0.1, -0.05) is 30.3 Å². The summed E-state index contributed by atoms with van der Waals surface area (Å²) < 4.78 is 23.0. The molecule has 0 aliphatic carbocycles. The molecule has 1 saturated heterocycles. The van der Waals surface area contributed by atoms with Crippen LogP contribution in [0, 0.1) is 0 Å². The largest absolute Gasteiger partial charge is 0.349 e. The number of thiol groups is 1. The SMILES string of the molecule is CC1(NC(=O)C(S)Cc2ccccc2)CCS(=O)(=O)C1. The molecule has 20 heavy (non-hydrogen) atoms. The van der Waals surface area contributed by atoms with Crippen LogP contribution in [0.25, 0.3) is 0 Å². The highest BCUT2D eigenvalue weighted by atomic mass is 32.2. The topological polar surface area (TPSA) is 63.2 Å². The molecule has 2 unspecified atom stereocenters. The van der Waals surface area contributed by atoms with Crippen LogP contribution in [-0.4, -0.2) is 36.6 Å². The van der Waals surface area contributed by atoms with Gasteiger partial charge in [0.15, 0.2) is 9.84 Å². The molecule has 2 atom stereocenters. The summed E-state index contributed by atoms with van der Waals surface area (Å²) in [7, 11) is -3.02. The van der Waals surface area contributed by atoms with E-state index in [-0.39, 0.29) is 17.4 Å². The van der Waals surface area contributed by atoms with E-state index in [1.807, 2.05) is 30.3 Å². The summed E-state index contributed by atoms with van der Waals surface area (Å²) in [4.78, 5) is 12.1. The van der Waals surface area contributed by atoms with E-state index in [2.05, 4.69) is 17.9 Å². The molecular formula is C14H19NO3S2. The van der Waals surface area contributed by atoms with Crippen LogP contribution in [0.2, 0.25) is 0 Å². The molecule has 1 aromatic rings. The molecule has 0 radical (unpaired) electrons. The third-order valence-corrected chi connectivity index (χ3v) is 5.82. The van der Waals surface area contributed by atoms with Crippen molar-refractivity contribution in [3.63, 3.8) is 0 Å². The molecule has 1 aromatic carbocycles. The maximum Gasteiger partial charge on any atom is 0.233 e. The number of amides is 1. The Balaban J connectivity index is 1.95. The Morgan fingerprint density at radius 3 is 2.60 bits per heavy atom. The Morgan fingerprint density at radius 2 is 2.05 bits per heavy atom. The van der Waals surface area contributed by atoms with E-state index in [1.165, 1.54) is 0 Å². The van der Waals surface area contributed by atoms with Crippen molar-refractivity contribution in [2.75, 3.05) is 11.5 Å². The van der Waals surface area contributed by atoms with Gasteiger partial charge in [0.25, 0.3) is 0 Å². The first-order valence-corrected chi connectivity index (χ1v) is 8.88. The van der Waals surface area contributed by atoms with Crippen molar-refractivity contribution in [2.45, 2.75) is 30.6 Å². The minimum Gasteiger partial charge on any atom is -0.349 e. The second-order valence-corrected chi connectivity index (χ2v) is 8.40. The summed E-state index contributed by atoms with van der Waals surface area (Å²) in [6.07, 6.45) is 0.992. The number of hydrogen-bond acceptors (Lipinski definition) is 4. The Hall–Kier alpha value is -1.01. The van der Waals surface area contributed by atoms with Gasteiger partial charge in [-0.05, 0) is 25.3 Å². The van der Waals surface area contributed by atoms with E-state index in [1.54, 1.807) is 6.92 Å². The molecule has 0 saturated carbocycles. The fraction of sp³-hybridized carbons (Fsp3) is 0.500. The number of nitrogens with one attached hydrogen (secondary N) is 1. The lowest BCUT2D eigenvalue weighted by atomic mass is 10.0. The van der Waals surface area contributed by atoms with Crippen LogP contribution in [0.5, 0.6) is 0 Å². The van der Waals surface area contributed by atoms with Gasteiger partial charge in [0.05, 0.1) is 22.3 Å². The monoisotopic (exact) mass is 313 g/mol. The minimum absolute atomic E-state index is 0.0115. The van der Waals surface area contributed by atoms with Gasteiger partial charge in [0.2, 0.25) is 5.91 Å². The van der Waals surface area contributed by atoms with E-state index >= 15 is 0 Å². The predicted octanol–water partition coefficient (Wildman–Crippen LogP) is 1.22. The van der Waals surface area contributed by atoms with Crippen LogP contribution in [0.4, 0.5) is 0 Å². The van der Waals surface area contributed by atoms with E-state index in [0.29, 0.717) is 12.8 Å². The number of rotatable bonds is 4. The average molecular weight is 313 g/mol. The van der Waals surface area contributed by atoms with Crippen LogP contribution in [-0.2, 0) is 21.1 Å². The third-order valence-electron chi connectivity index (χ3n) is 3.50. The molecule has 1 fully saturated rings. The molecule has 4 nitrogen and oxygen atoms in total.